The first kappa shape index (κ1) is 11.8. The van der Waals surface area contributed by atoms with Crippen LogP contribution in [-0.4, -0.2) is 15.9 Å². The monoisotopic (exact) mass is 267 g/mol. The molecule has 0 aromatic carbocycles. The van der Waals surface area contributed by atoms with Gasteiger partial charge in [0.2, 0.25) is 0 Å². The van der Waals surface area contributed by atoms with Crippen molar-refractivity contribution in [2.75, 3.05) is 5.32 Å². The standard InChI is InChI=1S/C11H7Cl2N3O/c12-7-3-4-14-9(5-7)11(17)16-10-2-1-8(13)6-15-10/h1-6H,(H,15,16,17). The summed E-state index contributed by atoms with van der Waals surface area (Å²) in [5, 5.41) is 3.54. The van der Waals surface area contributed by atoms with Gasteiger partial charge in [-0.05, 0) is 24.3 Å². The number of hydrogen-bond donors (Lipinski definition) is 1. The van der Waals surface area contributed by atoms with E-state index in [2.05, 4.69) is 15.3 Å². The molecule has 0 bridgehead atoms. The Morgan fingerprint density at radius 3 is 2.59 bits per heavy atom. The fraction of sp³-hybridized carbons (Fsp3) is 0. The summed E-state index contributed by atoms with van der Waals surface area (Å²) in [5.41, 5.74) is 0.231. The van der Waals surface area contributed by atoms with Gasteiger partial charge in [0.25, 0.3) is 5.91 Å². The fourth-order valence-electron chi connectivity index (χ4n) is 1.16. The van der Waals surface area contributed by atoms with Gasteiger partial charge >= 0.3 is 0 Å². The number of hydrogen-bond acceptors (Lipinski definition) is 3. The van der Waals surface area contributed by atoms with Gasteiger partial charge in [-0.2, -0.15) is 0 Å². The average molecular weight is 268 g/mol. The van der Waals surface area contributed by atoms with E-state index in [-0.39, 0.29) is 11.6 Å². The lowest BCUT2D eigenvalue weighted by atomic mass is 10.3. The Morgan fingerprint density at radius 2 is 1.94 bits per heavy atom. The molecule has 0 atom stereocenters. The zero-order valence-corrected chi connectivity index (χ0v) is 10.0. The van der Waals surface area contributed by atoms with E-state index in [1.54, 1.807) is 18.2 Å². The van der Waals surface area contributed by atoms with E-state index in [4.69, 9.17) is 23.2 Å². The number of pyridine rings is 2. The van der Waals surface area contributed by atoms with Crippen molar-refractivity contribution in [3.05, 3.63) is 52.4 Å². The van der Waals surface area contributed by atoms with Crippen molar-refractivity contribution in [1.29, 1.82) is 0 Å². The molecule has 0 spiro atoms. The highest BCUT2D eigenvalue weighted by Gasteiger charge is 2.08. The third-order valence-electron chi connectivity index (χ3n) is 1.92. The Hall–Kier alpha value is -1.65. The van der Waals surface area contributed by atoms with Crippen LogP contribution in [0.2, 0.25) is 10.0 Å². The molecule has 0 radical (unpaired) electrons. The lowest BCUT2D eigenvalue weighted by Gasteiger charge is -2.03. The Bertz CT molecular complexity index is 543. The summed E-state index contributed by atoms with van der Waals surface area (Å²) in [6.07, 6.45) is 2.91. The molecule has 0 fully saturated rings. The Kier molecular flexibility index (Phi) is 3.56. The normalized spacial score (nSPS) is 10.0. The first-order chi connectivity index (χ1) is 8.15. The summed E-state index contributed by atoms with van der Waals surface area (Å²) in [7, 11) is 0. The second kappa shape index (κ2) is 5.12. The maximum absolute atomic E-state index is 11.7. The topological polar surface area (TPSA) is 54.9 Å². The number of carbonyl (C=O) groups is 1. The van der Waals surface area contributed by atoms with Gasteiger partial charge in [0.1, 0.15) is 11.5 Å². The van der Waals surface area contributed by atoms with Crippen LogP contribution in [0.1, 0.15) is 10.5 Å². The van der Waals surface area contributed by atoms with Crippen LogP contribution in [0.4, 0.5) is 5.82 Å². The van der Waals surface area contributed by atoms with Crippen LogP contribution in [0.15, 0.2) is 36.7 Å². The quantitative estimate of drug-likeness (QED) is 0.910. The Balaban J connectivity index is 2.14. The third kappa shape index (κ3) is 3.15. The van der Waals surface area contributed by atoms with Crippen LogP contribution in [-0.2, 0) is 0 Å². The summed E-state index contributed by atoms with van der Waals surface area (Å²) < 4.78 is 0. The van der Waals surface area contributed by atoms with Gasteiger partial charge in [-0.3, -0.25) is 9.78 Å². The SMILES string of the molecule is O=C(Nc1ccc(Cl)cn1)c1cc(Cl)ccn1. The predicted octanol–water partition coefficient (Wildman–Crippen LogP) is 3.04. The molecule has 17 heavy (non-hydrogen) atoms. The number of nitrogens with zero attached hydrogens (tertiary/aromatic N) is 2. The third-order valence-corrected chi connectivity index (χ3v) is 2.38. The summed E-state index contributed by atoms with van der Waals surface area (Å²) >= 11 is 11.4. The van der Waals surface area contributed by atoms with Gasteiger partial charge in [0, 0.05) is 17.4 Å². The minimum absolute atomic E-state index is 0.231. The molecule has 0 saturated heterocycles. The molecule has 1 N–H and O–H groups in total. The zero-order chi connectivity index (χ0) is 12.3. The van der Waals surface area contributed by atoms with E-state index in [9.17, 15) is 4.79 Å². The van der Waals surface area contributed by atoms with Gasteiger partial charge in [-0.1, -0.05) is 23.2 Å². The van der Waals surface area contributed by atoms with E-state index in [0.717, 1.165) is 0 Å². The number of nitrogens with one attached hydrogen (secondary N) is 1. The van der Waals surface area contributed by atoms with Crippen molar-refractivity contribution in [1.82, 2.24) is 9.97 Å². The second-order valence-corrected chi connectivity index (χ2v) is 4.05. The smallest absolute Gasteiger partial charge is 0.275 e. The molecule has 0 aliphatic rings. The van der Waals surface area contributed by atoms with E-state index >= 15 is 0 Å². The van der Waals surface area contributed by atoms with Gasteiger partial charge in [-0.25, -0.2) is 4.98 Å². The minimum Gasteiger partial charge on any atom is -0.305 e. The molecule has 86 valence electrons. The largest absolute Gasteiger partial charge is 0.305 e. The van der Waals surface area contributed by atoms with Crippen molar-refractivity contribution >= 4 is 34.9 Å². The lowest BCUT2D eigenvalue weighted by molar-refractivity contribution is 0.102. The first-order valence-electron chi connectivity index (χ1n) is 4.69. The fourth-order valence-corrected chi connectivity index (χ4v) is 1.43. The molecule has 6 heteroatoms. The highest BCUT2D eigenvalue weighted by Crippen LogP contribution is 2.12. The molecule has 0 aliphatic heterocycles. The van der Waals surface area contributed by atoms with Crippen LogP contribution in [0.25, 0.3) is 0 Å². The predicted molar refractivity (Wildman–Crippen MR) is 66.4 cm³/mol. The lowest BCUT2D eigenvalue weighted by Crippen LogP contribution is -2.14. The van der Waals surface area contributed by atoms with E-state index in [1.807, 2.05) is 0 Å². The second-order valence-electron chi connectivity index (χ2n) is 3.18. The van der Waals surface area contributed by atoms with Gasteiger partial charge in [-0.15, -0.1) is 0 Å². The molecule has 0 unspecified atom stereocenters. The summed E-state index contributed by atoms with van der Waals surface area (Å²) in [6.45, 7) is 0. The number of rotatable bonds is 2. The summed E-state index contributed by atoms with van der Waals surface area (Å²) in [5.74, 6) is 0.0310. The molecule has 2 aromatic heterocycles. The number of halogens is 2. The van der Waals surface area contributed by atoms with Crippen LogP contribution in [0.5, 0.6) is 0 Å². The van der Waals surface area contributed by atoms with Crippen LogP contribution < -0.4 is 5.32 Å². The minimum atomic E-state index is -0.373. The molecule has 4 nitrogen and oxygen atoms in total. The highest BCUT2D eigenvalue weighted by atomic mass is 35.5. The average Bonchev–Trinajstić information content (AvgIpc) is 2.32. The van der Waals surface area contributed by atoms with Gasteiger partial charge < -0.3 is 5.32 Å². The van der Waals surface area contributed by atoms with Crippen molar-refractivity contribution in [3.63, 3.8) is 0 Å². The van der Waals surface area contributed by atoms with Gasteiger partial charge in [0.05, 0.1) is 5.02 Å². The number of aromatic nitrogens is 2. The molecule has 1 amide bonds. The van der Waals surface area contributed by atoms with Crippen molar-refractivity contribution in [3.8, 4) is 0 Å². The van der Waals surface area contributed by atoms with Gasteiger partial charge in [0.15, 0.2) is 0 Å². The summed E-state index contributed by atoms with van der Waals surface area (Å²) in [4.78, 5) is 19.6. The molecule has 0 aliphatic carbocycles. The molecule has 2 aromatic rings. The van der Waals surface area contributed by atoms with E-state index in [0.29, 0.717) is 15.9 Å². The molecular weight excluding hydrogens is 261 g/mol. The molecule has 2 rings (SSSR count). The molecule has 0 saturated carbocycles. The summed E-state index contributed by atoms with van der Waals surface area (Å²) in [6, 6.07) is 6.31. The maximum Gasteiger partial charge on any atom is 0.275 e. The molecular formula is C11H7Cl2N3O. The highest BCUT2D eigenvalue weighted by molar-refractivity contribution is 6.31. The Labute approximate surface area is 108 Å². The maximum atomic E-state index is 11.7. The number of amides is 1. The van der Waals surface area contributed by atoms with Crippen LogP contribution in [0.3, 0.4) is 0 Å². The number of carbonyl (C=O) groups excluding carboxylic acids is 1. The van der Waals surface area contributed by atoms with Crippen molar-refractivity contribution in [2.24, 2.45) is 0 Å². The zero-order valence-electron chi connectivity index (χ0n) is 8.52. The van der Waals surface area contributed by atoms with E-state index in [1.165, 1.54) is 18.5 Å². The van der Waals surface area contributed by atoms with Crippen LogP contribution in [0, 0.1) is 0 Å². The first-order valence-corrected chi connectivity index (χ1v) is 5.45. The van der Waals surface area contributed by atoms with Crippen LogP contribution >= 0.6 is 23.2 Å². The Morgan fingerprint density at radius 1 is 1.12 bits per heavy atom. The van der Waals surface area contributed by atoms with E-state index < -0.39 is 0 Å². The van der Waals surface area contributed by atoms with Crippen molar-refractivity contribution < 1.29 is 4.79 Å². The van der Waals surface area contributed by atoms with Crippen molar-refractivity contribution in [2.45, 2.75) is 0 Å². The number of anilines is 1. The molecule has 2 heterocycles.